The highest BCUT2D eigenvalue weighted by atomic mass is 31.2. The molecule has 0 aromatic carbocycles. The van der Waals surface area contributed by atoms with Gasteiger partial charge in [0.2, 0.25) is 5.91 Å². The predicted octanol–water partition coefficient (Wildman–Crippen LogP) is 8.76. The molecule has 14 heteroatoms. The minimum absolute atomic E-state index is 0.249. The summed E-state index contributed by atoms with van der Waals surface area (Å²) in [5, 5.41) is 74.4. The van der Waals surface area contributed by atoms with Crippen LogP contribution in [-0.2, 0) is 18.4 Å². The molecule has 0 saturated heterocycles. The van der Waals surface area contributed by atoms with Crippen molar-refractivity contribution in [1.82, 2.24) is 5.32 Å². The lowest BCUT2D eigenvalue weighted by Crippen LogP contribution is -2.64. The van der Waals surface area contributed by atoms with Crippen molar-refractivity contribution in [2.45, 2.75) is 268 Å². The van der Waals surface area contributed by atoms with Crippen LogP contribution in [0, 0.1) is 0 Å². The summed E-state index contributed by atoms with van der Waals surface area (Å²) in [6.07, 6.45) is 28.5. The number of unbranched alkanes of at least 4 members (excludes halogenated alkanes) is 26. The van der Waals surface area contributed by atoms with E-state index in [0.717, 1.165) is 64.2 Å². The smallest absolute Gasteiger partial charge is 0.393 e. The SMILES string of the molecule is CCCCCCCCCCC/C=C/C(O)C(COP(=O)(O)OC1C(O)C(O)C(O)C(O)C1O)NC(=O)CC(O)CCCCCCC/C=C\CCCCCCCCCCCCCC. The molecular weight excluding hydrogens is 813 g/mol. The quantitative estimate of drug-likeness (QED) is 0.0159. The Labute approximate surface area is 375 Å². The van der Waals surface area contributed by atoms with Gasteiger partial charge in [-0.25, -0.2) is 4.57 Å². The van der Waals surface area contributed by atoms with Crippen molar-refractivity contribution in [2.75, 3.05) is 6.61 Å². The lowest BCUT2D eigenvalue weighted by atomic mass is 9.85. The Hall–Kier alpha value is -1.22. The Morgan fingerprint density at radius 1 is 0.565 bits per heavy atom. The van der Waals surface area contributed by atoms with Crippen molar-refractivity contribution in [3.05, 3.63) is 24.3 Å². The highest BCUT2D eigenvalue weighted by Crippen LogP contribution is 2.47. The topological polar surface area (TPSA) is 226 Å². The fraction of sp³-hybridized carbons (Fsp3) is 0.896. The second-order valence-electron chi connectivity index (χ2n) is 17.8. The largest absolute Gasteiger partial charge is 0.472 e. The summed E-state index contributed by atoms with van der Waals surface area (Å²) in [5.41, 5.74) is 0. The molecule has 8 unspecified atom stereocenters. The van der Waals surface area contributed by atoms with E-state index in [1.165, 1.54) is 122 Å². The Morgan fingerprint density at radius 3 is 1.37 bits per heavy atom. The molecule has 366 valence electrons. The van der Waals surface area contributed by atoms with Crippen LogP contribution in [0.2, 0.25) is 0 Å². The summed E-state index contributed by atoms with van der Waals surface area (Å²) < 4.78 is 22.8. The van der Waals surface area contributed by atoms with Crippen molar-refractivity contribution in [3.8, 4) is 0 Å². The summed E-state index contributed by atoms with van der Waals surface area (Å²) in [6.45, 7) is 3.73. The second kappa shape index (κ2) is 37.9. The minimum atomic E-state index is -5.14. The molecule has 1 saturated carbocycles. The molecule has 62 heavy (non-hydrogen) atoms. The van der Waals surface area contributed by atoms with Gasteiger partial charge in [-0.3, -0.25) is 13.8 Å². The number of phosphoric ester groups is 1. The first kappa shape index (κ1) is 58.8. The van der Waals surface area contributed by atoms with Gasteiger partial charge in [0.05, 0.1) is 31.3 Å². The van der Waals surface area contributed by atoms with E-state index in [9.17, 15) is 50.0 Å². The lowest BCUT2D eigenvalue weighted by Gasteiger charge is -2.41. The highest BCUT2D eigenvalue weighted by Gasteiger charge is 2.51. The van der Waals surface area contributed by atoms with Gasteiger partial charge in [0.15, 0.2) is 0 Å². The van der Waals surface area contributed by atoms with Gasteiger partial charge < -0.3 is 46.0 Å². The molecule has 8 atom stereocenters. The molecule has 0 radical (unpaired) electrons. The number of carbonyl (C=O) groups excluding carboxylic acids is 1. The number of phosphoric acid groups is 1. The molecule has 9 N–H and O–H groups in total. The monoisotopic (exact) mass is 906 g/mol. The van der Waals surface area contributed by atoms with Crippen LogP contribution in [0.1, 0.15) is 213 Å². The molecule has 0 spiro atoms. The summed E-state index contributed by atoms with van der Waals surface area (Å²) in [6, 6.07) is -1.24. The normalized spacial score (nSPS) is 23.2. The number of amides is 1. The number of nitrogens with one attached hydrogen (secondary N) is 1. The number of aliphatic hydroxyl groups is 7. The summed E-state index contributed by atoms with van der Waals surface area (Å²) in [4.78, 5) is 23.4. The van der Waals surface area contributed by atoms with E-state index in [2.05, 4.69) is 31.3 Å². The van der Waals surface area contributed by atoms with E-state index in [1.807, 2.05) is 0 Å². The number of carbonyl (C=O) groups is 1. The zero-order valence-corrected chi connectivity index (χ0v) is 39.7. The van der Waals surface area contributed by atoms with Crippen LogP contribution in [0.4, 0.5) is 0 Å². The van der Waals surface area contributed by atoms with E-state index in [4.69, 9.17) is 9.05 Å². The molecule has 0 aromatic rings. The molecule has 1 amide bonds. The first-order chi connectivity index (χ1) is 29.8. The third kappa shape index (κ3) is 29.3. The zero-order valence-electron chi connectivity index (χ0n) is 38.8. The Morgan fingerprint density at radius 2 is 0.935 bits per heavy atom. The maximum absolute atomic E-state index is 13.0. The van der Waals surface area contributed by atoms with Crippen molar-refractivity contribution in [1.29, 1.82) is 0 Å². The first-order valence-electron chi connectivity index (χ1n) is 24.9. The van der Waals surface area contributed by atoms with E-state index >= 15 is 0 Å². The molecule has 1 fully saturated rings. The van der Waals surface area contributed by atoms with Crippen molar-refractivity contribution in [3.63, 3.8) is 0 Å². The molecule has 0 aromatic heterocycles. The minimum Gasteiger partial charge on any atom is -0.393 e. The summed E-state index contributed by atoms with van der Waals surface area (Å²) in [7, 11) is -5.14. The maximum atomic E-state index is 13.0. The first-order valence-corrected chi connectivity index (χ1v) is 26.4. The van der Waals surface area contributed by atoms with E-state index in [1.54, 1.807) is 6.08 Å². The second-order valence-corrected chi connectivity index (χ2v) is 19.3. The van der Waals surface area contributed by atoms with Gasteiger partial charge in [0.1, 0.15) is 36.6 Å². The van der Waals surface area contributed by atoms with E-state index < -0.39 is 75.2 Å². The molecule has 1 rings (SSSR count). The van der Waals surface area contributed by atoms with Crippen LogP contribution in [-0.4, -0.2) is 108 Å². The van der Waals surface area contributed by atoms with Crippen molar-refractivity contribution < 1.29 is 59.0 Å². The van der Waals surface area contributed by atoms with Crippen LogP contribution in [0.5, 0.6) is 0 Å². The Balaban J connectivity index is 2.44. The molecule has 0 heterocycles. The van der Waals surface area contributed by atoms with Gasteiger partial charge in [-0.1, -0.05) is 186 Å². The van der Waals surface area contributed by atoms with Crippen LogP contribution >= 0.6 is 7.82 Å². The zero-order chi connectivity index (χ0) is 45.9. The Bertz CT molecular complexity index is 1160. The molecule has 1 aliphatic rings. The predicted molar refractivity (Wildman–Crippen MR) is 247 cm³/mol. The summed E-state index contributed by atoms with van der Waals surface area (Å²) >= 11 is 0. The van der Waals surface area contributed by atoms with Crippen LogP contribution in [0.25, 0.3) is 0 Å². The maximum Gasteiger partial charge on any atom is 0.472 e. The average molecular weight is 906 g/mol. The van der Waals surface area contributed by atoms with Crippen molar-refractivity contribution in [2.24, 2.45) is 0 Å². The number of aliphatic hydroxyl groups excluding tert-OH is 7. The fourth-order valence-electron chi connectivity index (χ4n) is 7.94. The van der Waals surface area contributed by atoms with Gasteiger partial charge in [-0.15, -0.1) is 0 Å². The van der Waals surface area contributed by atoms with E-state index in [-0.39, 0.29) is 6.42 Å². The number of rotatable bonds is 41. The van der Waals surface area contributed by atoms with Gasteiger partial charge in [0.25, 0.3) is 0 Å². The van der Waals surface area contributed by atoms with Crippen LogP contribution in [0.3, 0.4) is 0 Å². The molecule has 13 nitrogen and oxygen atoms in total. The van der Waals surface area contributed by atoms with Gasteiger partial charge in [-0.05, 0) is 44.9 Å². The molecular formula is C48H92NO12P. The Kier molecular flexibility index (Phi) is 36.0. The average Bonchev–Trinajstić information content (AvgIpc) is 3.24. The molecule has 1 aliphatic carbocycles. The number of hydrogen-bond donors (Lipinski definition) is 9. The standard InChI is InChI=1S/C48H92NO12P/c1-3-5-7-9-11-13-15-16-17-18-19-20-21-22-23-24-26-27-29-31-33-35-39(50)37-42(52)49-40(41(51)36-34-32-30-28-25-14-12-10-8-6-4-2)38-60-62(58,59)61-48-46(56)44(54)43(53)45(55)47(48)57/h22-23,34,36,39-41,43-48,50-51,53-57H,3-21,24-33,35,37-38H2,1-2H3,(H,49,52)(H,58,59)/b23-22-,36-34+. The molecule has 0 aliphatic heterocycles. The fourth-order valence-corrected chi connectivity index (χ4v) is 8.91. The summed E-state index contributed by atoms with van der Waals surface area (Å²) in [5.74, 6) is -0.597. The van der Waals surface area contributed by atoms with E-state index in [0.29, 0.717) is 12.8 Å². The highest BCUT2D eigenvalue weighted by molar-refractivity contribution is 7.47. The molecule has 0 bridgehead atoms. The number of allylic oxidation sites excluding steroid dienone is 3. The third-order valence-electron chi connectivity index (χ3n) is 12.0. The lowest BCUT2D eigenvalue weighted by molar-refractivity contribution is -0.220. The van der Waals surface area contributed by atoms with Gasteiger partial charge >= 0.3 is 7.82 Å². The van der Waals surface area contributed by atoms with Crippen LogP contribution in [0.15, 0.2) is 24.3 Å². The van der Waals surface area contributed by atoms with Crippen LogP contribution < -0.4 is 5.32 Å². The van der Waals surface area contributed by atoms with Crippen molar-refractivity contribution >= 4 is 13.7 Å². The third-order valence-corrected chi connectivity index (χ3v) is 13.0. The van der Waals surface area contributed by atoms with Gasteiger partial charge in [-0.2, -0.15) is 0 Å². The van der Waals surface area contributed by atoms with Gasteiger partial charge in [0, 0.05) is 0 Å². The number of hydrogen-bond acceptors (Lipinski definition) is 11.